The molecule has 1 amide bonds. The highest BCUT2D eigenvalue weighted by Gasteiger charge is 2.26. The van der Waals surface area contributed by atoms with Crippen LogP contribution in [0.25, 0.3) is 33.4 Å². The van der Waals surface area contributed by atoms with Gasteiger partial charge in [0.15, 0.2) is 17.5 Å². The van der Waals surface area contributed by atoms with Crippen LogP contribution in [0.2, 0.25) is 5.02 Å². The zero-order valence-electron chi connectivity index (χ0n) is 19.9. The Bertz CT molecular complexity index is 1690. The van der Waals surface area contributed by atoms with Crippen molar-refractivity contribution in [3.8, 4) is 23.1 Å². The third-order valence-corrected chi connectivity index (χ3v) is 6.95. The molecule has 0 radical (unpaired) electrons. The van der Waals surface area contributed by atoms with Gasteiger partial charge < -0.3 is 29.8 Å². The molecule has 1 fully saturated rings. The Morgan fingerprint density at radius 3 is 2.97 bits per heavy atom. The van der Waals surface area contributed by atoms with Gasteiger partial charge in [-0.15, -0.1) is 0 Å². The first-order valence-electron chi connectivity index (χ1n) is 12.0. The summed E-state index contributed by atoms with van der Waals surface area (Å²) in [5, 5.41) is 24.0. The highest BCUT2D eigenvalue weighted by molar-refractivity contribution is 6.31. The van der Waals surface area contributed by atoms with E-state index in [4.69, 9.17) is 16.0 Å². The highest BCUT2D eigenvalue weighted by Crippen LogP contribution is 2.37. The molecule has 1 aliphatic heterocycles. The number of carbonyl (C=O) groups is 1. The fourth-order valence-electron chi connectivity index (χ4n) is 4.83. The summed E-state index contributed by atoms with van der Waals surface area (Å²) in [6.45, 7) is 1.48. The van der Waals surface area contributed by atoms with Crippen molar-refractivity contribution in [2.24, 2.45) is 5.92 Å². The number of piperidine rings is 1. The zero-order chi connectivity index (χ0) is 26.4. The maximum Gasteiger partial charge on any atom is 0.327 e. The Morgan fingerprint density at radius 2 is 2.11 bits per heavy atom. The number of H-pyrrole nitrogens is 1. The molecule has 38 heavy (non-hydrogen) atoms. The Labute approximate surface area is 220 Å². The van der Waals surface area contributed by atoms with E-state index >= 15 is 0 Å². The number of pyridine rings is 1. The summed E-state index contributed by atoms with van der Waals surface area (Å²) in [6.07, 6.45) is 6.02. The molecule has 1 aromatic carbocycles. The number of likely N-dealkylation sites (tertiary alicyclic amines) is 1. The number of aromatic amines is 1. The number of aromatic nitrogens is 4. The third-order valence-electron chi connectivity index (χ3n) is 6.74. The van der Waals surface area contributed by atoms with Gasteiger partial charge in [-0.3, -0.25) is 4.79 Å². The maximum absolute atomic E-state index is 14.6. The number of fused-ring (bicyclic) bond motifs is 2. The lowest BCUT2D eigenvalue weighted by Gasteiger charge is -2.33. The molecule has 5 aromatic rings. The first-order chi connectivity index (χ1) is 18.4. The molecule has 4 aromatic heterocycles. The number of amides is 1. The molecule has 0 saturated carbocycles. The lowest BCUT2D eigenvalue weighted by Crippen LogP contribution is -2.41. The van der Waals surface area contributed by atoms with Crippen LogP contribution < -0.4 is 5.32 Å². The maximum atomic E-state index is 14.6. The van der Waals surface area contributed by atoms with Crippen LogP contribution in [0.5, 0.6) is 11.7 Å². The number of nitrogens with zero attached hydrogens (tertiary/aromatic N) is 4. The smallest absolute Gasteiger partial charge is 0.327 e. The number of halogens is 2. The number of hydrogen-bond donors (Lipinski definition) is 4. The Balaban J connectivity index is 1.16. The van der Waals surface area contributed by atoms with Crippen molar-refractivity contribution in [1.29, 1.82) is 0 Å². The molecule has 10 nitrogen and oxygen atoms in total. The standard InChI is InChI=1S/C26H22ClFN6O4/c27-15-7-17-18(10-31-22(17)30-9-15)23-32-11-19(28)24(33-23)29-8-13-2-1-5-34(12-13)25(36)14-3-4-16-20(6-14)38-26(37)21(16)35/h3-4,6-7,9-11,13,35,37H,1-2,5,8,12H2,(H,30,31)(H,29,32,33)/t13-/m1/s1. The molecule has 5 heterocycles. The zero-order valence-corrected chi connectivity index (χ0v) is 20.7. The lowest BCUT2D eigenvalue weighted by molar-refractivity contribution is 0.0680. The quantitative estimate of drug-likeness (QED) is 0.248. The van der Waals surface area contributed by atoms with E-state index < -0.39 is 11.8 Å². The van der Waals surface area contributed by atoms with Crippen molar-refractivity contribution in [3.63, 3.8) is 0 Å². The first-order valence-corrected chi connectivity index (χ1v) is 12.4. The minimum absolute atomic E-state index is 0.0713. The molecular formula is C26H22ClFN6O4. The Hall–Kier alpha value is -4.38. The van der Waals surface area contributed by atoms with E-state index in [1.807, 2.05) is 0 Å². The monoisotopic (exact) mass is 536 g/mol. The van der Waals surface area contributed by atoms with Crippen LogP contribution in [-0.4, -0.2) is 60.6 Å². The SMILES string of the molecule is O=C(c1ccc2c(O)c(O)oc2c1)N1CCC[C@H](CNc2nc(-c3c[nH]c4ncc(Cl)cc34)ncc2F)C1. The van der Waals surface area contributed by atoms with Gasteiger partial charge in [-0.05, 0) is 43.0 Å². The van der Waals surface area contributed by atoms with Crippen molar-refractivity contribution in [2.45, 2.75) is 12.8 Å². The van der Waals surface area contributed by atoms with E-state index in [1.54, 1.807) is 23.2 Å². The van der Waals surface area contributed by atoms with Crippen molar-refractivity contribution in [2.75, 3.05) is 25.0 Å². The first kappa shape index (κ1) is 24.0. The predicted molar refractivity (Wildman–Crippen MR) is 139 cm³/mol. The van der Waals surface area contributed by atoms with Gasteiger partial charge in [-0.25, -0.2) is 19.3 Å². The molecule has 0 unspecified atom stereocenters. The fourth-order valence-corrected chi connectivity index (χ4v) is 4.98. The number of carbonyl (C=O) groups excluding carboxylic acids is 1. The van der Waals surface area contributed by atoms with Crippen molar-refractivity contribution in [3.05, 3.63) is 59.3 Å². The van der Waals surface area contributed by atoms with Gasteiger partial charge in [0.25, 0.3) is 5.91 Å². The molecular weight excluding hydrogens is 515 g/mol. The summed E-state index contributed by atoms with van der Waals surface area (Å²) in [4.78, 5) is 30.7. The second-order valence-corrected chi connectivity index (χ2v) is 9.69. The van der Waals surface area contributed by atoms with Gasteiger partial charge in [0.05, 0.1) is 16.6 Å². The van der Waals surface area contributed by atoms with Crippen molar-refractivity contribution < 1.29 is 23.8 Å². The molecule has 0 aliphatic carbocycles. The molecule has 1 aliphatic rings. The van der Waals surface area contributed by atoms with E-state index in [1.165, 1.54) is 18.3 Å². The van der Waals surface area contributed by atoms with Crippen molar-refractivity contribution >= 4 is 45.3 Å². The van der Waals surface area contributed by atoms with Crippen LogP contribution in [-0.2, 0) is 0 Å². The van der Waals surface area contributed by atoms with Gasteiger partial charge in [-0.2, -0.15) is 0 Å². The van der Waals surface area contributed by atoms with Gasteiger partial charge in [-0.1, -0.05) is 11.6 Å². The summed E-state index contributed by atoms with van der Waals surface area (Å²) in [5.74, 6) is -1.23. The number of aromatic hydroxyl groups is 2. The van der Waals surface area contributed by atoms with Crippen LogP contribution in [0.1, 0.15) is 23.2 Å². The van der Waals surface area contributed by atoms with Gasteiger partial charge in [0.2, 0.25) is 5.75 Å². The summed E-state index contributed by atoms with van der Waals surface area (Å²) in [7, 11) is 0. The minimum atomic E-state index is -0.584. The number of anilines is 1. The summed E-state index contributed by atoms with van der Waals surface area (Å²) in [5.41, 5.74) is 1.89. The number of hydrogen-bond acceptors (Lipinski definition) is 8. The number of furan rings is 1. The van der Waals surface area contributed by atoms with Crippen LogP contribution in [0.4, 0.5) is 10.2 Å². The summed E-state index contributed by atoms with van der Waals surface area (Å²) in [6, 6.07) is 6.38. The highest BCUT2D eigenvalue weighted by atomic mass is 35.5. The molecule has 1 atom stereocenters. The lowest BCUT2D eigenvalue weighted by atomic mass is 9.97. The summed E-state index contributed by atoms with van der Waals surface area (Å²) >= 11 is 6.09. The van der Waals surface area contributed by atoms with E-state index in [0.29, 0.717) is 52.6 Å². The van der Waals surface area contributed by atoms with Gasteiger partial charge in [0.1, 0.15) is 11.2 Å². The van der Waals surface area contributed by atoms with E-state index in [9.17, 15) is 19.4 Å². The average molecular weight is 537 g/mol. The Kier molecular flexibility index (Phi) is 5.99. The molecule has 12 heteroatoms. The minimum Gasteiger partial charge on any atom is -0.501 e. The number of benzene rings is 1. The third kappa shape index (κ3) is 4.34. The van der Waals surface area contributed by atoms with Crippen LogP contribution >= 0.6 is 11.6 Å². The van der Waals surface area contributed by atoms with E-state index in [2.05, 4.69) is 25.3 Å². The molecule has 194 valence electrons. The molecule has 1 saturated heterocycles. The Morgan fingerprint density at radius 1 is 1.24 bits per heavy atom. The van der Waals surface area contributed by atoms with Crippen LogP contribution in [0.15, 0.2) is 47.3 Å². The van der Waals surface area contributed by atoms with Gasteiger partial charge in [0, 0.05) is 48.5 Å². The topological polar surface area (TPSA) is 140 Å². The van der Waals surface area contributed by atoms with Crippen molar-refractivity contribution in [1.82, 2.24) is 24.8 Å². The molecule has 4 N–H and O–H groups in total. The molecule has 0 bridgehead atoms. The second-order valence-electron chi connectivity index (χ2n) is 9.25. The second kappa shape index (κ2) is 9.49. The van der Waals surface area contributed by atoms with E-state index in [0.717, 1.165) is 24.4 Å². The number of rotatable bonds is 5. The largest absolute Gasteiger partial charge is 0.501 e. The fraction of sp³-hybridized carbons (Fsp3) is 0.231. The molecule has 6 rings (SSSR count). The normalized spacial score (nSPS) is 15.8. The van der Waals surface area contributed by atoms with Gasteiger partial charge >= 0.3 is 5.95 Å². The predicted octanol–water partition coefficient (Wildman–Crippen LogP) is 4.93. The number of nitrogens with one attached hydrogen (secondary N) is 2. The van der Waals surface area contributed by atoms with Crippen LogP contribution in [0, 0.1) is 11.7 Å². The average Bonchev–Trinajstić information content (AvgIpc) is 3.47. The van der Waals surface area contributed by atoms with Crippen LogP contribution in [0.3, 0.4) is 0 Å². The van der Waals surface area contributed by atoms with E-state index in [-0.39, 0.29) is 29.0 Å². The summed E-state index contributed by atoms with van der Waals surface area (Å²) < 4.78 is 19.7. The molecule has 0 spiro atoms.